The number of alkyl halides is 1. The van der Waals surface area contributed by atoms with Gasteiger partial charge in [0.15, 0.2) is 0 Å². The van der Waals surface area contributed by atoms with Crippen LogP contribution in [0.25, 0.3) is 0 Å². The molecule has 0 N–H and O–H groups in total. The van der Waals surface area contributed by atoms with Crippen molar-refractivity contribution < 1.29 is 9.13 Å². The van der Waals surface area contributed by atoms with Gasteiger partial charge in [0.05, 0.1) is 17.8 Å². The molecule has 0 atom stereocenters. The second-order valence-electron chi connectivity index (χ2n) is 2.99. The third-order valence-corrected chi connectivity index (χ3v) is 2.54. The Balaban J connectivity index is 2.88. The summed E-state index contributed by atoms with van der Waals surface area (Å²) in [5.41, 5.74) is 0.905. The summed E-state index contributed by atoms with van der Waals surface area (Å²) in [7, 11) is 0. The summed E-state index contributed by atoms with van der Waals surface area (Å²) >= 11 is 3.38. The molecular weight excluding hydrogens is 247 g/mol. The molecule has 1 aromatic rings. The predicted molar refractivity (Wildman–Crippen MR) is 59.3 cm³/mol. The van der Waals surface area contributed by atoms with E-state index < -0.39 is 6.67 Å². The van der Waals surface area contributed by atoms with Gasteiger partial charge in [0, 0.05) is 5.92 Å². The van der Waals surface area contributed by atoms with Crippen molar-refractivity contribution >= 4 is 15.9 Å². The van der Waals surface area contributed by atoms with Gasteiger partial charge in [-0.3, -0.25) is 4.39 Å². The quantitative estimate of drug-likeness (QED) is 0.800. The molecule has 0 bridgehead atoms. The second-order valence-corrected chi connectivity index (χ2v) is 3.85. The zero-order valence-electron chi connectivity index (χ0n) is 8.31. The second kappa shape index (κ2) is 5.35. The monoisotopic (exact) mass is 259 g/mol. The lowest BCUT2D eigenvalue weighted by Crippen LogP contribution is -1.98. The highest BCUT2D eigenvalue weighted by atomic mass is 79.9. The van der Waals surface area contributed by atoms with Gasteiger partial charge in [-0.2, -0.15) is 0 Å². The molecule has 1 radical (unpaired) electrons. The van der Waals surface area contributed by atoms with Crippen LogP contribution in [0.1, 0.15) is 19.4 Å². The first-order valence-corrected chi connectivity index (χ1v) is 5.29. The number of hydrogen-bond donors (Lipinski definition) is 0. The Morgan fingerprint density at radius 3 is 2.71 bits per heavy atom. The minimum atomic E-state index is -0.416. The van der Waals surface area contributed by atoms with Crippen LogP contribution < -0.4 is 4.74 Å². The van der Waals surface area contributed by atoms with Gasteiger partial charge in [-0.15, -0.1) is 0 Å². The van der Waals surface area contributed by atoms with Gasteiger partial charge in [0.2, 0.25) is 0 Å². The van der Waals surface area contributed by atoms with Crippen molar-refractivity contribution in [2.24, 2.45) is 0 Å². The van der Waals surface area contributed by atoms with Gasteiger partial charge in [0.25, 0.3) is 0 Å². The summed E-state index contributed by atoms with van der Waals surface area (Å²) in [6.45, 7) is 3.92. The molecule has 14 heavy (non-hydrogen) atoms. The molecule has 1 nitrogen and oxygen atoms in total. The molecule has 0 aromatic heterocycles. The van der Waals surface area contributed by atoms with Crippen molar-refractivity contribution in [3.8, 4) is 5.75 Å². The standard InChI is InChI=1S/C11H13BrFO/c1-3-14-11-5-4-9(6-10(11)12)8(2)7-13/h4-6H,3,7H2,1-2H3. The molecule has 0 aliphatic rings. The largest absolute Gasteiger partial charge is 0.493 e. The van der Waals surface area contributed by atoms with Crippen LogP contribution in [0.2, 0.25) is 0 Å². The average Bonchev–Trinajstić information content (AvgIpc) is 2.20. The van der Waals surface area contributed by atoms with Gasteiger partial charge in [-0.05, 0) is 40.5 Å². The number of rotatable bonds is 4. The van der Waals surface area contributed by atoms with E-state index in [4.69, 9.17) is 4.74 Å². The van der Waals surface area contributed by atoms with E-state index >= 15 is 0 Å². The van der Waals surface area contributed by atoms with Crippen LogP contribution in [0.3, 0.4) is 0 Å². The van der Waals surface area contributed by atoms with Crippen molar-refractivity contribution in [1.29, 1.82) is 0 Å². The number of benzene rings is 1. The van der Waals surface area contributed by atoms with Gasteiger partial charge in [0.1, 0.15) is 5.75 Å². The Morgan fingerprint density at radius 2 is 2.21 bits per heavy atom. The number of ether oxygens (including phenoxy) is 1. The zero-order chi connectivity index (χ0) is 10.6. The lowest BCUT2D eigenvalue weighted by Gasteiger charge is -2.10. The normalized spacial score (nSPS) is 10.6. The first-order valence-electron chi connectivity index (χ1n) is 4.50. The van der Waals surface area contributed by atoms with E-state index in [1.54, 1.807) is 6.92 Å². The van der Waals surface area contributed by atoms with Crippen LogP contribution >= 0.6 is 15.9 Å². The predicted octanol–water partition coefficient (Wildman–Crippen LogP) is 3.76. The van der Waals surface area contributed by atoms with E-state index in [2.05, 4.69) is 15.9 Å². The first-order chi connectivity index (χ1) is 6.69. The highest BCUT2D eigenvalue weighted by molar-refractivity contribution is 9.10. The summed E-state index contributed by atoms with van der Waals surface area (Å²) in [6, 6.07) is 5.59. The summed E-state index contributed by atoms with van der Waals surface area (Å²) in [6.07, 6.45) is 0. The fourth-order valence-corrected chi connectivity index (χ4v) is 1.61. The van der Waals surface area contributed by atoms with E-state index in [9.17, 15) is 4.39 Å². The van der Waals surface area contributed by atoms with Crippen molar-refractivity contribution in [1.82, 2.24) is 0 Å². The zero-order valence-corrected chi connectivity index (χ0v) is 9.90. The molecule has 0 unspecified atom stereocenters. The van der Waals surface area contributed by atoms with Crippen LogP contribution in [0.5, 0.6) is 5.75 Å². The van der Waals surface area contributed by atoms with Gasteiger partial charge in [-0.1, -0.05) is 13.0 Å². The van der Waals surface area contributed by atoms with E-state index in [1.807, 2.05) is 25.1 Å². The van der Waals surface area contributed by atoms with Gasteiger partial charge in [-0.25, -0.2) is 0 Å². The minimum absolute atomic E-state index is 0.416. The molecule has 1 rings (SSSR count). The maximum absolute atomic E-state index is 12.4. The van der Waals surface area contributed by atoms with Crippen LogP contribution in [0.15, 0.2) is 22.7 Å². The van der Waals surface area contributed by atoms with Crippen molar-refractivity contribution in [2.45, 2.75) is 13.8 Å². The lowest BCUT2D eigenvalue weighted by atomic mass is 10.0. The van der Waals surface area contributed by atoms with Crippen molar-refractivity contribution in [2.75, 3.05) is 13.3 Å². The van der Waals surface area contributed by atoms with E-state index in [-0.39, 0.29) is 0 Å². The van der Waals surface area contributed by atoms with Gasteiger partial charge >= 0.3 is 0 Å². The van der Waals surface area contributed by atoms with E-state index in [0.29, 0.717) is 6.61 Å². The molecule has 0 aliphatic carbocycles. The molecule has 3 heteroatoms. The van der Waals surface area contributed by atoms with Crippen LogP contribution in [-0.4, -0.2) is 13.3 Å². The molecule has 0 fully saturated rings. The molecule has 0 heterocycles. The molecule has 0 saturated carbocycles. The highest BCUT2D eigenvalue weighted by Crippen LogP contribution is 2.28. The number of halogens is 2. The molecule has 0 spiro atoms. The Bertz CT molecular complexity index is 301. The fourth-order valence-electron chi connectivity index (χ4n) is 1.12. The van der Waals surface area contributed by atoms with Crippen LogP contribution in [0, 0.1) is 5.92 Å². The molecule has 1 aromatic carbocycles. The molecule has 0 aliphatic heterocycles. The molecule has 0 saturated heterocycles. The highest BCUT2D eigenvalue weighted by Gasteiger charge is 2.08. The SMILES string of the molecule is CCOc1ccc([C](C)CF)cc1Br. The maximum atomic E-state index is 12.4. The van der Waals surface area contributed by atoms with Crippen LogP contribution in [0.4, 0.5) is 4.39 Å². The summed E-state index contributed by atoms with van der Waals surface area (Å²) in [5, 5.41) is 0. The van der Waals surface area contributed by atoms with E-state index in [0.717, 1.165) is 21.7 Å². The third kappa shape index (κ3) is 2.71. The fraction of sp³-hybridized carbons (Fsp3) is 0.364. The van der Waals surface area contributed by atoms with E-state index in [1.165, 1.54) is 0 Å². The smallest absolute Gasteiger partial charge is 0.133 e. The van der Waals surface area contributed by atoms with Crippen LogP contribution in [-0.2, 0) is 0 Å². The number of hydrogen-bond acceptors (Lipinski definition) is 1. The topological polar surface area (TPSA) is 9.23 Å². The Morgan fingerprint density at radius 1 is 1.50 bits per heavy atom. The first kappa shape index (κ1) is 11.5. The summed E-state index contributed by atoms with van der Waals surface area (Å²) in [5.74, 6) is 1.52. The average molecular weight is 260 g/mol. The molecule has 0 amide bonds. The summed E-state index contributed by atoms with van der Waals surface area (Å²) < 4.78 is 18.6. The Labute approximate surface area is 92.4 Å². The minimum Gasteiger partial charge on any atom is -0.493 e. The summed E-state index contributed by atoms with van der Waals surface area (Å²) in [4.78, 5) is 0. The lowest BCUT2D eigenvalue weighted by molar-refractivity contribution is 0.338. The Kier molecular flexibility index (Phi) is 4.39. The molecular formula is C11H13BrFO. The third-order valence-electron chi connectivity index (χ3n) is 1.92. The Hall–Kier alpha value is -0.570. The van der Waals surface area contributed by atoms with Crippen molar-refractivity contribution in [3.63, 3.8) is 0 Å². The van der Waals surface area contributed by atoms with Crippen molar-refractivity contribution in [3.05, 3.63) is 34.2 Å². The molecule has 77 valence electrons. The van der Waals surface area contributed by atoms with Gasteiger partial charge < -0.3 is 4.74 Å². The maximum Gasteiger partial charge on any atom is 0.133 e.